The molecular weight excluding hydrogens is 526 g/mol. The van der Waals surface area contributed by atoms with Gasteiger partial charge in [-0.05, 0) is 30.2 Å². The van der Waals surface area contributed by atoms with Crippen LogP contribution in [0.2, 0.25) is 5.02 Å². The molecular formula is C25H25ClF2N4O6. The lowest BCUT2D eigenvalue weighted by molar-refractivity contribution is -0.141. The van der Waals surface area contributed by atoms with E-state index in [-0.39, 0.29) is 36.9 Å². The molecule has 0 aliphatic rings. The quantitative estimate of drug-likeness (QED) is 0.341. The monoisotopic (exact) mass is 550 g/mol. The van der Waals surface area contributed by atoms with E-state index in [2.05, 4.69) is 20.5 Å². The number of rotatable bonds is 10. The number of urea groups is 1. The van der Waals surface area contributed by atoms with E-state index in [0.717, 1.165) is 0 Å². The molecule has 0 aliphatic heterocycles. The van der Waals surface area contributed by atoms with Crippen molar-refractivity contribution in [1.82, 2.24) is 15.4 Å². The third-order valence-electron chi connectivity index (χ3n) is 5.50. The lowest BCUT2D eigenvalue weighted by Crippen LogP contribution is -2.46. The van der Waals surface area contributed by atoms with E-state index in [1.807, 2.05) is 0 Å². The topological polar surface area (TPSA) is 123 Å². The number of carbonyl (C=O) groups excluding carboxylic acids is 3. The van der Waals surface area contributed by atoms with Crippen molar-refractivity contribution < 1.29 is 37.2 Å². The average Bonchev–Trinajstić information content (AvgIpc) is 3.37. The molecule has 3 amide bonds. The number of esters is 1. The Morgan fingerprint density at radius 2 is 1.92 bits per heavy atom. The first-order chi connectivity index (χ1) is 18.2. The standard InChI is InChI=1S/C25H25ClF2N4O6/c1-32(24(34)29-13-16-6-4-8-19(28)23(16)26)18(9-10-22(33)36-2)14-37-25(35)30-21-12-20(31-38-21)15-5-3-7-17(27)11-15/h3-8,11-12,18H,9-10,13-14H2,1-2H3,(H,29,34)(H,30,35)/t18-/m0/s1. The number of amides is 3. The third kappa shape index (κ3) is 7.90. The van der Waals surface area contributed by atoms with Crippen LogP contribution in [-0.2, 0) is 20.8 Å². The summed E-state index contributed by atoms with van der Waals surface area (Å²) in [6, 6.07) is 10.0. The van der Waals surface area contributed by atoms with Crippen LogP contribution in [0.1, 0.15) is 18.4 Å². The van der Waals surface area contributed by atoms with Gasteiger partial charge in [0.05, 0.1) is 18.2 Å². The summed E-state index contributed by atoms with van der Waals surface area (Å²) >= 11 is 5.93. The molecule has 0 saturated carbocycles. The summed E-state index contributed by atoms with van der Waals surface area (Å²) < 4.78 is 42.0. The average molecular weight is 551 g/mol. The smallest absolute Gasteiger partial charge is 0.414 e. The highest BCUT2D eigenvalue weighted by Gasteiger charge is 2.23. The number of carbonyl (C=O) groups is 3. The minimum atomic E-state index is -0.907. The largest absolute Gasteiger partial charge is 0.469 e. The van der Waals surface area contributed by atoms with Crippen molar-refractivity contribution in [3.8, 4) is 11.3 Å². The number of aromatic nitrogens is 1. The van der Waals surface area contributed by atoms with Crippen LogP contribution in [-0.4, -0.2) is 55.0 Å². The Morgan fingerprint density at radius 3 is 2.66 bits per heavy atom. The highest BCUT2D eigenvalue weighted by Crippen LogP contribution is 2.23. The van der Waals surface area contributed by atoms with Crippen LogP contribution >= 0.6 is 11.6 Å². The second-order valence-electron chi connectivity index (χ2n) is 8.06. The lowest BCUT2D eigenvalue weighted by atomic mass is 10.1. The van der Waals surface area contributed by atoms with Crippen molar-refractivity contribution in [2.24, 2.45) is 0 Å². The molecule has 0 saturated heterocycles. The molecule has 3 aromatic rings. The summed E-state index contributed by atoms with van der Waals surface area (Å²) in [5.74, 6) is -1.62. The van der Waals surface area contributed by atoms with Crippen molar-refractivity contribution in [1.29, 1.82) is 0 Å². The first kappa shape index (κ1) is 28.4. The fraction of sp³-hybridized carbons (Fsp3) is 0.280. The molecule has 1 heterocycles. The third-order valence-corrected chi connectivity index (χ3v) is 5.92. The number of ether oxygens (including phenoxy) is 2. The number of likely N-dealkylation sites (N-methyl/N-ethyl adjacent to an activating group) is 1. The lowest BCUT2D eigenvalue weighted by Gasteiger charge is -2.28. The van der Waals surface area contributed by atoms with E-state index < -0.39 is 35.8 Å². The Morgan fingerprint density at radius 1 is 1.16 bits per heavy atom. The minimum Gasteiger partial charge on any atom is -0.469 e. The van der Waals surface area contributed by atoms with E-state index in [4.69, 9.17) is 20.9 Å². The molecule has 13 heteroatoms. The number of hydrogen-bond donors (Lipinski definition) is 2. The number of methoxy groups -OCH3 is 1. The second-order valence-corrected chi connectivity index (χ2v) is 8.44. The molecule has 2 N–H and O–H groups in total. The summed E-state index contributed by atoms with van der Waals surface area (Å²) in [6.07, 6.45) is -0.828. The van der Waals surface area contributed by atoms with Crippen LogP contribution < -0.4 is 10.6 Å². The summed E-state index contributed by atoms with van der Waals surface area (Å²) in [7, 11) is 2.68. The zero-order valence-corrected chi connectivity index (χ0v) is 21.3. The molecule has 38 heavy (non-hydrogen) atoms. The van der Waals surface area contributed by atoms with Gasteiger partial charge >= 0.3 is 18.1 Å². The minimum absolute atomic E-state index is 0.0431. The van der Waals surface area contributed by atoms with Crippen LogP contribution in [0, 0.1) is 11.6 Å². The molecule has 0 bridgehead atoms. The van der Waals surface area contributed by atoms with E-state index >= 15 is 0 Å². The predicted octanol–water partition coefficient (Wildman–Crippen LogP) is 4.99. The highest BCUT2D eigenvalue weighted by atomic mass is 35.5. The second kappa shape index (κ2) is 13.4. The van der Waals surface area contributed by atoms with Gasteiger partial charge < -0.3 is 24.2 Å². The molecule has 0 radical (unpaired) electrons. The van der Waals surface area contributed by atoms with Gasteiger partial charge in [-0.25, -0.2) is 18.4 Å². The number of anilines is 1. The Hall–Kier alpha value is -4.19. The zero-order chi connectivity index (χ0) is 27.7. The van der Waals surface area contributed by atoms with Crippen LogP contribution in [0.5, 0.6) is 0 Å². The molecule has 3 rings (SSSR count). The summed E-state index contributed by atoms with van der Waals surface area (Å²) in [5.41, 5.74) is 1.12. The van der Waals surface area contributed by atoms with Gasteiger partial charge in [0.1, 0.15) is 23.9 Å². The van der Waals surface area contributed by atoms with Gasteiger partial charge in [-0.1, -0.05) is 41.0 Å². The first-order valence-corrected chi connectivity index (χ1v) is 11.7. The number of hydrogen-bond acceptors (Lipinski definition) is 7. The molecule has 0 unspecified atom stereocenters. The molecule has 202 valence electrons. The first-order valence-electron chi connectivity index (χ1n) is 11.3. The van der Waals surface area contributed by atoms with E-state index in [1.54, 1.807) is 12.1 Å². The van der Waals surface area contributed by atoms with Crippen molar-refractivity contribution >= 4 is 35.6 Å². The summed E-state index contributed by atoms with van der Waals surface area (Å²) in [5, 5.41) is 8.65. The molecule has 0 aliphatic carbocycles. The molecule has 1 aromatic heterocycles. The maximum atomic E-state index is 13.7. The van der Waals surface area contributed by atoms with Gasteiger partial charge in [0.15, 0.2) is 0 Å². The van der Waals surface area contributed by atoms with E-state index in [0.29, 0.717) is 16.8 Å². The van der Waals surface area contributed by atoms with E-state index in [1.165, 1.54) is 55.5 Å². The molecule has 0 fully saturated rings. The fourth-order valence-corrected chi connectivity index (χ4v) is 3.54. The van der Waals surface area contributed by atoms with Crippen LogP contribution in [0.4, 0.5) is 24.3 Å². The summed E-state index contributed by atoms with van der Waals surface area (Å²) in [6.45, 7) is -0.331. The maximum absolute atomic E-state index is 13.7. The maximum Gasteiger partial charge on any atom is 0.414 e. The van der Waals surface area contributed by atoms with Gasteiger partial charge in [0.25, 0.3) is 0 Å². The van der Waals surface area contributed by atoms with Crippen LogP contribution in [0.3, 0.4) is 0 Å². The van der Waals surface area contributed by atoms with Gasteiger partial charge in [-0.2, -0.15) is 0 Å². The van der Waals surface area contributed by atoms with Gasteiger partial charge in [0.2, 0.25) is 5.88 Å². The normalized spacial score (nSPS) is 11.4. The Kier molecular flexibility index (Phi) is 9.99. The highest BCUT2D eigenvalue weighted by molar-refractivity contribution is 6.31. The predicted molar refractivity (Wildman–Crippen MR) is 133 cm³/mol. The summed E-state index contributed by atoms with van der Waals surface area (Å²) in [4.78, 5) is 38.0. The molecule has 1 atom stereocenters. The number of nitrogens with one attached hydrogen (secondary N) is 2. The number of nitrogens with zero attached hydrogens (tertiary/aromatic N) is 2. The van der Waals surface area contributed by atoms with Crippen LogP contribution in [0.15, 0.2) is 53.1 Å². The zero-order valence-electron chi connectivity index (χ0n) is 20.5. The number of halogens is 3. The Labute approximate surface area is 221 Å². The van der Waals surface area contributed by atoms with Crippen LogP contribution in [0.25, 0.3) is 11.3 Å². The Bertz CT molecular complexity index is 1290. The van der Waals surface area contributed by atoms with Crippen molar-refractivity contribution in [3.05, 3.63) is 70.8 Å². The molecule has 2 aromatic carbocycles. The van der Waals surface area contributed by atoms with Crippen molar-refractivity contribution in [2.45, 2.75) is 25.4 Å². The fourth-order valence-electron chi connectivity index (χ4n) is 3.35. The van der Waals surface area contributed by atoms with Gasteiger partial charge in [0, 0.05) is 31.6 Å². The molecule has 0 spiro atoms. The van der Waals surface area contributed by atoms with Gasteiger partial charge in [-0.15, -0.1) is 0 Å². The number of benzene rings is 2. The molecule has 10 nitrogen and oxygen atoms in total. The Balaban J connectivity index is 1.58. The van der Waals surface area contributed by atoms with Crippen molar-refractivity contribution in [3.63, 3.8) is 0 Å². The van der Waals surface area contributed by atoms with E-state index in [9.17, 15) is 23.2 Å². The SMILES string of the molecule is COC(=O)CC[C@@H](COC(=O)Nc1cc(-c2cccc(F)c2)no1)N(C)C(=O)NCc1cccc(F)c1Cl. The van der Waals surface area contributed by atoms with Crippen molar-refractivity contribution in [2.75, 3.05) is 26.1 Å². The van der Waals surface area contributed by atoms with Gasteiger partial charge in [-0.3, -0.25) is 10.1 Å².